The standard InChI is InChI=1S/C43H72N2O4/c1-11-44-24-26-45(27-25-44)23-22-43-19-14-30(29(2)3)36(43)31-12-13-33-40(8)17-16-34(49-35(46)28-38(4,5)37(47)48)39(6,7)32(40)15-18-42(33,10)41(31,9)20-21-43/h30-34,36H,2,11-28H2,1,3-10H3,(H,47,48)/t30-,31+,32-,33+,34-,36+,40-,41+,42+,43+/m0/s1. The maximum atomic E-state index is 13.1. The van der Waals surface area contributed by atoms with Crippen LogP contribution in [-0.4, -0.2) is 72.2 Å². The number of hydrogen-bond acceptors (Lipinski definition) is 5. The van der Waals surface area contributed by atoms with Crippen LogP contribution >= 0.6 is 0 Å². The summed E-state index contributed by atoms with van der Waals surface area (Å²) < 4.78 is 6.21. The molecule has 0 aromatic heterocycles. The van der Waals surface area contributed by atoms with Gasteiger partial charge in [0.15, 0.2) is 0 Å². The second-order valence-electron chi connectivity index (χ2n) is 20.3. The molecule has 0 unspecified atom stereocenters. The van der Waals surface area contributed by atoms with Gasteiger partial charge in [0, 0.05) is 31.6 Å². The fourth-order valence-electron chi connectivity index (χ4n) is 14.2. The minimum Gasteiger partial charge on any atom is -0.481 e. The summed E-state index contributed by atoms with van der Waals surface area (Å²) in [5.74, 6) is 2.06. The number of carboxylic acids is 1. The van der Waals surface area contributed by atoms with Crippen molar-refractivity contribution in [1.29, 1.82) is 0 Å². The molecule has 1 N–H and O–H groups in total. The Morgan fingerprint density at radius 3 is 2.14 bits per heavy atom. The molecule has 6 fully saturated rings. The molecule has 0 spiro atoms. The molecular formula is C43H72N2O4. The van der Waals surface area contributed by atoms with Gasteiger partial charge in [-0.2, -0.15) is 0 Å². The number of carboxylic acid groups (broad SMARTS) is 1. The number of allylic oxidation sites excluding steroid dienone is 1. The van der Waals surface area contributed by atoms with Crippen LogP contribution < -0.4 is 0 Å². The quantitative estimate of drug-likeness (QED) is 0.194. The summed E-state index contributed by atoms with van der Waals surface area (Å²) in [6.45, 7) is 32.7. The number of hydrogen-bond donors (Lipinski definition) is 1. The van der Waals surface area contributed by atoms with Gasteiger partial charge < -0.3 is 19.6 Å². The molecule has 5 aliphatic carbocycles. The topological polar surface area (TPSA) is 70.1 Å². The lowest BCUT2D eigenvalue weighted by molar-refractivity contribution is -0.250. The number of esters is 1. The maximum absolute atomic E-state index is 13.1. The number of rotatable bonds is 9. The molecule has 6 nitrogen and oxygen atoms in total. The molecule has 6 aliphatic rings. The van der Waals surface area contributed by atoms with E-state index in [4.69, 9.17) is 4.74 Å². The highest BCUT2D eigenvalue weighted by atomic mass is 16.5. The summed E-state index contributed by atoms with van der Waals surface area (Å²) in [6, 6.07) is 0. The van der Waals surface area contributed by atoms with Gasteiger partial charge in [-0.15, -0.1) is 0 Å². The first-order valence-electron chi connectivity index (χ1n) is 20.4. The number of ether oxygens (including phenoxy) is 1. The molecule has 1 heterocycles. The number of carbonyl (C=O) groups excluding carboxylic acids is 1. The monoisotopic (exact) mass is 681 g/mol. The van der Waals surface area contributed by atoms with E-state index in [2.05, 4.69) is 64.8 Å². The molecule has 0 amide bonds. The van der Waals surface area contributed by atoms with Crippen molar-refractivity contribution in [2.45, 2.75) is 145 Å². The van der Waals surface area contributed by atoms with Crippen molar-refractivity contribution < 1.29 is 19.4 Å². The molecular weight excluding hydrogens is 608 g/mol. The van der Waals surface area contributed by atoms with E-state index in [1.54, 1.807) is 13.8 Å². The summed E-state index contributed by atoms with van der Waals surface area (Å²) >= 11 is 0. The lowest BCUT2D eigenvalue weighted by atomic mass is 9.32. The van der Waals surface area contributed by atoms with E-state index in [1.807, 2.05) is 0 Å². The first-order chi connectivity index (χ1) is 22.8. The third-order valence-corrected chi connectivity index (χ3v) is 17.5. The van der Waals surface area contributed by atoms with E-state index < -0.39 is 11.4 Å². The van der Waals surface area contributed by atoms with Gasteiger partial charge >= 0.3 is 11.9 Å². The van der Waals surface area contributed by atoms with Gasteiger partial charge in [0.1, 0.15) is 6.10 Å². The molecule has 0 radical (unpaired) electrons. The average molecular weight is 681 g/mol. The smallest absolute Gasteiger partial charge is 0.309 e. The minimum absolute atomic E-state index is 0.0827. The zero-order valence-corrected chi connectivity index (χ0v) is 33.0. The van der Waals surface area contributed by atoms with Crippen molar-refractivity contribution in [2.24, 2.45) is 62.1 Å². The number of carbonyl (C=O) groups is 2. The second-order valence-corrected chi connectivity index (χ2v) is 20.3. The predicted molar refractivity (Wildman–Crippen MR) is 198 cm³/mol. The van der Waals surface area contributed by atoms with Crippen molar-refractivity contribution in [3.63, 3.8) is 0 Å². The third-order valence-electron chi connectivity index (χ3n) is 17.5. The van der Waals surface area contributed by atoms with E-state index in [0.717, 1.165) is 24.7 Å². The number of likely N-dealkylation sites (N-methyl/N-ethyl adjacent to an activating group) is 1. The number of nitrogens with zero attached hydrogens (tertiary/aromatic N) is 2. The highest BCUT2D eigenvalue weighted by Crippen LogP contribution is 2.78. The highest BCUT2D eigenvalue weighted by molar-refractivity contribution is 5.81. The lowest BCUT2D eigenvalue weighted by Gasteiger charge is -2.73. The first kappa shape index (κ1) is 37.4. The number of aliphatic carboxylic acids is 1. The van der Waals surface area contributed by atoms with Gasteiger partial charge in [-0.25, -0.2) is 0 Å². The molecule has 10 atom stereocenters. The molecule has 1 saturated heterocycles. The Bertz CT molecular complexity index is 1280. The molecule has 1 aliphatic heterocycles. The Kier molecular flexibility index (Phi) is 9.85. The molecule has 0 aromatic carbocycles. The Hall–Kier alpha value is -1.40. The van der Waals surface area contributed by atoms with Crippen LogP contribution in [0.5, 0.6) is 0 Å². The summed E-state index contributed by atoms with van der Waals surface area (Å²) in [4.78, 5) is 30.2. The summed E-state index contributed by atoms with van der Waals surface area (Å²) in [5.41, 5.74) is 1.50. The van der Waals surface area contributed by atoms with Crippen molar-refractivity contribution in [1.82, 2.24) is 9.80 Å². The summed E-state index contributed by atoms with van der Waals surface area (Å²) in [7, 11) is 0. The summed E-state index contributed by atoms with van der Waals surface area (Å²) in [5, 5.41) is 9.61. The molecule has 6 heteroatoms. The van der Waals surface area contributed by atoms with Crippen molar-refractivity contribution in [3.8, 4) is 0 Å². The van der Waals surface area contributed by atoms with Crippen LogP contribution in [0.1, 0.15) is 139 Å². The SMILES string of the molecule is C=C(C)[C@@H]1CC[C@]2(CCN3CCN(CC)CC3)CC[C@]3(C)[C@H](CC[C@@H]4[C@@]5(C)CC[C@H](OC(=O)CC(C)(C)C(=O)O)C(C)(C)[C@@H]5CC[C@]43C)[C@@H]12. The molecule has 0 aromatic rings. The van der Waals surface area contributed by atoms with E-state index >= 15 is 0 Å². The average Bonchev–Trinajstić information content (AvgIpc) is 3.42. The number of fused-ring (bicyclic) bond motifs is 7. The lowest BCUT2D eigenvalue weighted by Crippen LogP contribution is -2.66. The molecule has 6 rings (SSSR count). The van der Waals surface area contributed by atoms with Crippen LogP contribution in [0.4, 0.5) is 0 Å². The van der Waals surface area contributed by atoms with E-state index in [0.29, 0.717) is 34.0 Å². The largest absolute Gasteiger partial charge is 0.481 e. The molecule has 0 bridgehead atoms. The van der Waals surface area contributed by atoms with Crippen molar-refractivity contribution in [3.05, 3.63) is 12.2 Å². The Morgan fingerprint density at radius 2 is 1.51 bits per heavy atom. The third kappa shape index (κ3) is 5.97. The molecule has 5 saturated carbocycles. The fraction of sp³-hybridized carbons (Fsp3) is 0.907. The van der Waals surface area contributed by atoms with E-state index in [9.17, 15) is 14.7 Å². The first-order valence-corrected chi connectivity index (χ1v) is 20.4. The second kappa shape index (κ2) is 12.9. The Labute approximate surface area is 299 Å². The van der Waals surface area contributed by atoms with Gasteiger partial charge in [0.05, 0.1) is 11.8 Å². The van der Waals surface area contributed by atoms with Crippen LogP contribution in [0, 0.1) is 62.1 Å². The van der Waals surface area contributed by atoms with Gasteiger partial charge in [-0.05, 0) is 156 Å². The van der Waals surface area contributed by atoms with Crippen LogP contribution in [0.25, 0.3) is 0 Å². The zero-order chi connectivity index (χ0) is 35.8. The zero-order valence-electron chi connectivity index (χ0n) is 33.0. The maximum Gasteiger partial charge on any atom is 0.309 e. The Balaban J connectivity index is 1.22. The van der Waals surface area contributed by atoms with E-state index in [-0.39, 0.29) is 29.3 Å². The van der Waals surface area contributed by atoms with Crippen molar-refractivity contribution >= 4 is 11.9 Å². The van der Waals surface area contributed by atoms with Crippen molar-refractivity contribution in [2.75, 3.05) is 39.3 Å². The predicted octanol–water partition coefficient (Wildman–Crippen LogP) is 9.08. The van der Waals surface area contributed by atoms with Crippen LogP contribution in [0.2, 0.25) is 0 Å². The van der Waals surface area contributed by atoms with Gasteiger partial charge in [0.2, 0.25) is 0 Å². The van der Waals surface area contributed by atoms with Crippen LogP contribution in [0.15, 0.2) is 12.2 Å². The van der Waals surface area contributed by atoms with Gasteiger partial charge in [0.25, 0.3) is 0 Å². The normalized spacial score (nSPS) is 43.9. The van der Waals surface area contributed by atoms with Crippen LogP contribution in [-0.2, 0) is 14.3 Å². The van der Waals surface area contributed by atoms with Gasteiger partial charge in [-0.3, -0.25) is 9.59 Å². The van der Waals surface area contributed by atoms with E-state index in [1.165, 1.54) is 103 Å². The Morgan fingerprint density at radius 1 is 0.837 bits per heavy atom. The molecule has 49 heavy (non-hydrogen) atoms. The van der Waals surface area contributed by atoms with Gasteiger partial charge in [-0.1, -0.05) is 53.7 Å². The number of piperazine rings is 1. The summed E-state index contributed by atoms with van der Waals surface area (Å²) in [6.07, 6.45) is 13.7. The highest BCUT2D eigenvalue weighted by Gasteiger charge is 2.71. The fourth-order valence-corrected chi connectivity index (χ4v) is 14.2. The minimum atomic E-state index is -1.12. The molecule has 278 valence electrons. The van der Waals surface area contributed by atoms with Crippen LogP contribution in [0.3, 0.4) is 0 Å².